The van der Waals surface area contributed by atoms with Gasteiger partial charge >= 0.3 is 0 Å². The maximum Gasteiger partial charge on any atom is 0.231 e. The van der Waals surface area contributed by atoms with E-state index in [1.54, 1.807) is 11.8 Å². The third-order valence-electron chi connectivity index (χ3n) is 2.84. The first-order valence-corrected chi connectivity index (χ1v) is 8.33. The van der Waals surface area contributed by atoms with Crippen molar-refractivity contribution in [3.63, 3.8) is 0 Å². The lowest BCUT2D eigenvalue weighted by molar-refractivity contribution is 0.754. The van der Waals surface area contributed by atoms with E-state index in [1.807, 2.05) is 4.90 Å². The topological polar surface area (TPSA) is 53.9 Å². The number of rotatable bonds is 8. The van der Waals surface area contributed by atoms with Crippen LogP contribution < -0.4 is 10.2 Å². The Bertz CT molecular complexity index is 386. The largest absolute Gasteiger partial charge is 0.350 e. The molecule has 0 aliphatic carbocycles. The van der Waals surface area contributed by atoms with Crippen LogP contribution in [0, 0.1) is 0 Å². The smallest absolute Gasteiger partial charge is 0.231 e. The molecule has 7 heteroatoms. The summed E-state index contributed by atoms with van der Waals surface area (Å²) < 4.78 is 0. The molecule has 0 aromatic carbocycles. The monoisotopic (exact) mass is 303 g/mol. The maximum absolute atomic E-state index is 5.98. The van der Waals surface area contributed by atoms with Crippen LogP contribution in [0.2, 0.25) is 5.28 Å². The zero-order valence-electron chi connectivity index (χ0n) is 12.0. The van der Waals surface area contributed by atoms with Crippen molar-refractivity contribution in [3.8, 4) is 0 Å². The molecular weight excluding hydrogens is 282 g/mol. The van der Waals surface area contributed by atoms with E-state index in [4.69, 9.17) is 11.6 Å². The molecule has 1 rings (SSSR count). The van der Waals surface area contributed by atoms with Crippen LogP contribution in [0.4, 0.5) is 11.9 Å². The Kier molecular flexibility index (Phi) is 7.23. The summed E-state index contributed by atoms with van der Waals surface area (Å²) in [7, 11) is 0. The Morgan fingerprint density at radius 1 is 1.21 bits per heavy atom. The highest BCUT2D eigenvalue weighted by atomic mass is 35.5. The van der Waals surface area contributed by atoms with Crippen LogP contribution in [0.15, 0.2) is 0 Å². The van der Waals surface area contributed by atoms with Crippen LogP contribution in [0.1, 0.15) is 27.2 Å². The number of hydrogen-bond acceptors (Lipinski definition) is 6. The second kappa shape index (κ2) is 8.43. The number of anilines is 2. The first kappa shape index (κ1) is 16.3. The molecule has 0 radical (unpaired) electrons. The summed E-state index contributed by atoms with van der Waals surface area (Å²) in [5.41, 5.74) is 0. The molecule has 1 aromatic heterocycles. The van der Waals surface area contributed by atoms with Crippen LogP contribution in [0.5, 0.6) is 0 Å². The van der Waals surface area contributed by atoms with E-state index in [0.717, 1.165) is 25.3 Å². The van der Waals surface area contributed by atoms with Crippen molar-refractivity contribution in [1.82, 2.24) is 15.0 Å². The lowest BCUT2D eigenvalue weighted by atomic mass is 10.3. The number of halogens is 1. The van der Waals surface area contributed by atoms with Gasteiger partial charge < -0.3 is 10.2 Å². The summed E-state index contributed by atoms with van der Waals surface area (Å²) in [4.78, 5) is 14.8. The molecule has 0 saturated carbocycles. The van der Waals surface area contributed by atoms with E-state index in [1.165, 1.54) is 0 Å². The summed E-state index contributed by atoms with van der Waals surface area (Å²) in [6.45, 7) is 7.96. The Hall–Kier alpha value is -0.750. The molecular formula is C12H22ClN5S. The molecule has 1 atom stereocenters. The van der Waals surface area contributed by atoms with Crippen molar-refractivity contribution >= 4 is 35.3 Å². The van der Waals surface area contributed by atoms with Gasteiger partial charge in [0.2, 0.25) is 17.2 Å². The van der Waals surface area contributed by atoms with Crippen LogP contribution in [0.25, 0.3) is 0 Å². The minimum atomic E-state index is 0.235. The van der Waals surface area contributed by atoms with Gasteiger partial charge in [0.1, 0.15) is 0 Å². The van der Waals surface area contributed by atoms with Crippen LogP contribution in [0.3, 0.4) is 0 Å². The fourth-order valence-corrected chi connectivity index (χ4v) is 2.57. The molecule has 108 valence electrons. The molecule has 0 saturated heterocycles. The number of thioether (sulfide) groups is 1. The van der Waals surface area contributed by atoms with Crippen molar-refractivity contribution in [2.24, 2.45) is 0 Å². The Morgan fingerprint density at radius 3 is 2.42 bits per heavy atom. The van der Waals surface area contributed by atoms with Gasteiger partial charge in [-0.2, -0.15) is 26.7 Å². The van der Waals surface area contributed by atoms with Gasteiger partial charge in [0.25, 0.3) is 0 Å². The average Bonchev–Trinajstić information content (AvgIpc) is 2.39. The first-order chi connectivity index (χ1) is 9.14. The van der Waals surface area contributed by atoms with Crippen LogP contribution in [-0.4, -0.2) is 46.1 Å². The van der Waals surface area contributed by atoms with Crippen molar-refractivity contribution in [2.75, 3.05) is 35.3 Å². The van der Waals surface area contributed by atoms with E-state index >= 15 is 0 Å². The average molecular weight is 304 g/mol. The van der Waals surface area contributed by atoms with Crippen molar-refractivity contribution in [2.45, 2.75) is 33.2 Å². The number of nitrogens with zero attached hydrogens (tertiary/aromatic N) is 4. The fourth-order valence-electron chi connectivity index (χ4n) is 1.70. The lowest BCUT2D eigenvalue weighted by Gasteiger charge is -2.20. The van der Waals surface area contributed by atoms with Gasteiger partial charge in [0, 0.05) is 24.9 Å². The third kappa shape index (κ3) is 5.03. The molecule has 1 N–H and O–H groups in total. The summed E-state index contributed by atoms with van der Waals surface area (Å²) in [6.07, 6.45) is 3.11. The Balaban J connectivity index is 2.89. The third-order valence-corrected chi connectivity index (χ3v) is 3.74. The molecule has 0 amide bonds. The van der Waals surface area contributed by atoms with Crippen molar-refractivity contribution < 1.29 is 0 Å². The second-order valence-corrected chi connectivity index (χ2v) is 5.35. The first-order valence-electron chi connectivity index (χ1n) is 6.56. The highest BCUT2D eigenvalue weighted by Gasteiger charge is 2.12. The number of aromatic nitrogens is 3. The highest BCUT2D eigenvalue weighted by Crippen LogP contribution is 2.15. The normalized spacial score (nSPS) is 12.3. The predicted molar refractivity (Wildman–Crippen MR) is 84.5 cm³/mol. The molecule has 0 aliphatic heterocycles. The molecule has 0 aliphatic rings. The number of nitrogens with one attached hydrogen (secondary N) is 1. The molecule has 0 fully saturated rings. The van der Waals surface area contributed by atoms with Crippen LogP contribution in [-0.2, 0) is 0 Å². The van der Waals surface area contributed by atoms with E-state index < -0.39 is 0 Å². The Morgan fingerprint density at radius 2 is 1.89 bits per heavy atom. The predicted octanol–water partition coefficient (Wildman–Crippen LogP) is 2.92. The molecule has 1 aromatic rings. The minimum absolute atomic E-state index is 0.235. The molecule has 1 heterocycles. The zero-order valence-corrected chi connectivity index (χ0v) is 13.6. The molecule has 5 nitrogen and oxygen atoms in total. The maximum atomic E-state index is 5.98. The minimum Gasteiger partial charge on any atom is -0.350 e. The van der Waals surface area contributed by atoms with Gasteiger partial charge in [-0.1, -0.05) is 6.92 Å². The summed E-state index contributed by atoms with van der Waals surface area (Å²) in [6, 6.07) is 0.345. The summed E-state index contributed by atoms with van der Waals surface area (Å²) in [5.74, 6) is 2.20. The van der Waals surface area contributed by atoms with Gasteiger partial charge in [-0.25, -0.2) is 0 Å². The Labute approximate surface area is 124 Å². The van der Waals surface area contributed by atoms with Gasteiger partial charge in [0.15, 0.2) is 0 Å². The molecule has 1 unspecified atom stereocenters. The zero-order chi connectivity index (χ0) is 14.3. The van der Waals surface area contributed by atoms with Crippen LogP contribution >= 0.6 is 23.4 Å². The lowest BCUT2D eigenvalue weighted by Crippen LogP contribution is -2.27. The van der Waals surface area contributed by atoms with E-state index in [-0.39, 0.29) is 5.28 Å². The fraction of sp³-hybridized carbons (Fsp3) is 0.750. The summed E-state index contributed by atoms with van der Waals surface area (Å²) >= 11 is 7.78. The van der Waals surface area contributed by atoms with Gasteiger partial charge in [-0.3, -0.25) is 0 Å². The van der Waals surface area contributed by atoms with Gasteiger partial charge in [-0.15, -0.1) is 0 Å². The van der Waals surface area contributed by atoms with E-state index in [0.29, 0.717) is 17.9 Å². The number of hydrogen-bond donors (Lipinski definition) is 1. The molecule has 0 spiro atoms. The SMILES string of the molecule is CCC(CSC)Nc1nc(Cl)nc(N(CC)CC)n1. The van der Waals surface area contributed by atoms with Gasteiger partial charge in [0.05, 0.1) is 0 Å². The highest BCUT2D eigenvalue weighted by molar-refractivity contribution is 7.98. The van der Waals surface area contributed by atoms with Gasteiger partial charge in [-0.05, 0) is 38.1 Å². The van der Waals surface area contributed by atoms with E-state index in [2.05, 4.69) is 47.3 Å². The van der Waals surface area contributed by atoms with Crippen molar-refractivity contribution in [1.29, 1.82) is 0 Å². The summed E-state index contributed by atoms with van der Waals surface area (Å²) in [5, 5.41) is 3.55. The second-order valence-electron chi connectivity index (χ2n) is 4.11. The van der Waals surface area contributed by atoms with E-state index in [9.17, 15) is 0 Å². The van der Waals surface area contributed by atoms with Crippen molar-refractivity contribution in [3.05, 3.63) is 5.28 Å². The molecule has 19 heavy (non-hydrogen) atoms. The standard InChI is InChI=1S/C12H22ClN5S/c1-5-9(8-19-4)14-11-15-10(13)16-12(17-11)18(6-2)7-3/h9H,5-8H2,1-4H3,(H,14,15,16,17). The quantitative estimate of drug-likeness (QED) is 0.797. The molecule has 0 bridgehead atoms.